The standard InChI is InChI=1S/C11H18ClN3S/c1-8(2)15-11(13-3)14-7-6-9-4-5-10(12)16-9/h4-5,8H,6-7H2,1-3H3,(H2,13,14,15). The third kappa shape index (κ3) is 4.86. The third-order valence-electron chi connectivity index (χ3n) is 1.94. The zero-order chi connectivity index (χ0) is 12.0. The van der Waals surface area contributed by atoms with Gasteiger partial charge in [0.25, 0.3) is 0 Å². The molecule has 1 aromatic rings. The zero-order valence-electron chi connectivity index (χ0n) is 9.88. The molecule has 2 N–H and O–H groups in total. The minimum atomic E-state index is 0.391. The highest BCUT2D eigenvalue weighted by Gasteiger charge is 2.01. The van der Waals surface area contributed by atoms with E-state index in [1.54, 1.807) is 18.4 Å². The lowest BCUT2D eigenvalue weighted by Crippen LogP contribution is -2.41. The summed E-state index contributed by atoms with van der Waals surface area (Å²) in [5.41, 5.74) is 0. The van der Waals surface area contributed by atoms with E-state index in [1.165, 1.54) is 4.88 Å². The summed E-state index contributed by atoms with van der Waals surface area (Å²) in [5, 5.41) is 6.50. The number of nitrogens with one attached hydrogen (secondary N) is 2. The van der Waals surface area contributed by atoms with Crippen LogP contribution in [0.4, 0.5) is 0 Å². The highest BCUT2D eigenvalue weighted by atomic mass is 35.5. The molecule has 0 fully saturated rings. The predicted molar refractivity (Wildman–Crippen MR) is 72.7 cm³/mol. The van der Waals surface area contributed by atoms with Gasteiger partial charge in [-0.15, -0.1) is 11.3 Å². The molecule has 3 nitrogen and oxygen atoms in total. The molecule has 0 radical (unpaired) electrons. The van der Waals surface area contributed by atoms with Crippen molar-refractivity contribution >= 4 is 28.9 Å². The maximum absolute atomic E-state index is 5.86. The second-order valence-corrected chi connectivity index (χ2v) is 5.55. The Kier molecular flexibility index (Phi) is 5.63. The summed E-state index contributed by atoms with van der Waals surface area (Å²) in [7, 11) is 1.78. The molecular formula is C11H18ClN3S. The molecule has 0 saturated carbocycles. The summed E-state index contributed by atoms with van der Waals surface area (Å²) in [4.78, 5) is 5.43. The molecule has 0 aliphatic rings. The Labute approximate surface area is 106 Å². The van der Waals surface area contributed by atoms with Gasteiger partial charge in [0, 0.05) is 24.5 Å². The lowest BCUT2D eigenvalue weighted by atomic mass is 10.3. The maximum Gasteiger partial charge on any atom is 0.191 e. The van der Waals surface area contributed by atoms with Gasteiger partial charge >= 0.3 is 0 Å². The first kappa shape index (κ1) is 13.3. The van der Waals surface area contributed by atoms with Crippen molar-refractivity contribution in [2.24, 2.45) is 4.99 Å². The van der Waals surface area contributed by atoms with Crippen molar-refractivity contribution in [2.45, 2.75) is 26.3 Å². The minimum absolute atomic E-state index is 0.391. The summed E-state index contributed by atoms with van der Waals surface area (Å²) in [6, 6.07) is 4.39. The molecule has 0 bridgehead atoms. The van der Waals surface area contributed by atoms with Gasteiger partial charge in [0.15, 0.2) is 5.96 Å². The Morgan fingerprint density at radius 1 is 1.50 bits per heavy atom. The van der Waals surface area contributed by atoms with Gasteiger partial charge in [-0.3, -0.25) is 4.99 Å². The van der Waals surface area contributed by atoms with E-state index in [1.807, 2.05) is 6.07 Å². The number of hydrogen-bond donors (Lipinski definition) is 2. The first-order valence-electron chi connectivity index (χ1n) is 5.33. The highest BCUT2D eigenvalue weighted by Crippen LogP contribution is 2.21. The van der Waals surface area contributed by atoms with Crippen LogP contribution in [-0.2, 0) is 6.42 Å². The van der Waals surface area contributed by atoms with Gasteiger partial charge < -0.3 is 10.6 Å². The number of nitrogens with zero attached hydrogens (tertiary/aromatic N) is 1. The van der Waals surface area contributed by atoms with E-state index in [2.05, 4.69) is 35.5 Å². The van der Waals surface area contributed by atoms with Crippen molar-refractivity contribution in [1.82, 2.24) is 10.6 Å². The van der Waals surface area contributed by atoms with Crippen molar-refractivity contribution in [2.75, 3.05) is 13.6 Å². The number of hydrogen-bond acceptors (Lipinski definition) is 2. The molecule has 1 rings (SSSR count). The van der Waals surface area contributed by atoms with Gasteiger partial charge in [0.1, 0.15) is 0 Å². The molecule has 1 aromatic heterocycles. The fourth-order valence-corrected chi connectivity index (χ4v) is 2.35. The predicted octanol–water partition coefficient (Wildman–Crippen LogP) is 2.52. The first-order valence-corrected chi connectivity index (χ1v) is 6.52. The van der Waals surface area contributed by atoms with Crippen molar-refractivity contribution in [1.29, 1.82) is 0 Å². The van der Waals surface area contributed by atoms with Gasteiger partial charge in [-0.25, -0.2) is 0 Å². The van der Waals surface area contributed by atoms with E-state index in [4.69, 9.17) is 11.6 Å². The number of aliphatic imine (C=N–C) groups is 1. The van der Waals surface area contributed by atoms with Crippen LogP contribution in [0, 0.1) is 0 Å². The third-order valence-corrected chi connectivity index (χ3v) is 3.23. The minimum Gasteiger partial charge on any atom is -0.356 e. The van der Waals surface area contributed by atoms with E-state index >= 15 is 0 Å². The van der Waals surface area contributed by atoms with E-state index in [9.17, 15) is 0 Å². The monoisotopic (exact) mass is 259 g/mol. The number of halogens is 1. The maximum atomic E-state index is 5.86. The molecule has 0 aliphatic carbocycles. The number of guanidine groups is 1. The summed E-state index contributed by atoms with van der Waals surface area (Å²) in [6.07, 6.45) is 0.968. The summed E-state index contributed by atoms with van der Waals surface area (Å²) < 4.78 is 0.847. The van der Waals surface area contributed by atoms with Crippen LogP contribution >= 0.6 is 22.9 Å². The Hall–Kier alpha value is -0.740. The smallest absolute Gasteiger partial charge is 0.191 e. The van der Waals surface area contributed by atoms with E-state index in [0.717, 1.165) is 23.3 Å². The first-order chi connectivity index (χ1) is 7.61. The Morgan fingerprint density at radius 2 is 2.25 bits per heavy atom. The van der Waals surface area contributed by atoms with Gasteiger partial charge in [0.05, 0.1) is 4.34 Å². The topological polar surface area (TPSA) is 36.4 Å². The summed E-state index contributed by atoms with van der Waals surface area (Å²) >= 11 is 7.49. The molecule has 5 heteroatoms. The van der Waals surface area contributed by atoms with E-state index in [0.29, 0.717) is 6.04 Å². The highest BCUT2D eigenvalue weighted by molar-refractivity contribution is 7.16. The average Bonchev–Trinajstić information content (AvgIpc) is 2.62. The molecule has 0 amide bonds. The molecule has 0 atom stereocenters. The molecule has 0 aliphatic heterocycles. The van der Waals surface area contributed by atoms with Crippen LogP contribution in [0.15, 0.2) is 17.1 Å². The van der Waals surface area contributed by atoms with Crippen LogP contribution in [0.2, 0.25) is 4.34 Å². The molecule has 0 aromatic carbocycles. The summed E-state index contributed by atoms with van der Waals surface area (Å²) in [6.45, 7) is 5.04. The van der Waals surface area contributed by atoms with Crippen LogP contribution < -0.4 is 10.6 Å². The number of rotatable bonds is 4. The van der Waals surface area contributed by atoms with Gasteiger partial charge in [0.2, 0.25) is 0 Å². The Balaban J connectivity index is 2.29. The van der Waals surface area contributed by atoms with Crippen LogP contribution in [0.3, 0.4) is 0 Å². The van der Waals surface area contributed by atoms with Crippen molar-refractivity contribution in [3.8, 4) is 0 Å². The van der Waals surface area contributed by atoms with Crippen LogP contribution in [-0.4, -0.2) is 25.6 Å². The second kappa shape index (κ2) is 6.76. The molecule has 90 valence electrons. The molecule has 0 unspecified atom stereocenters. The molecule has 16 heavy (non-hydrogen) atoms. The Morgan fingerprint density at radius 3 is 2.75 bits per heavy atom. The van der Waals surface area contributed by atoms with Crippen LogP contribution in [0.25, 0.3) is 0 Å². The fourth-order valence-electron chi connectivity index (χ4n) is 1.26. The molecule has 0 saturated heterocycles. The quantitative estimate of drug-likeness (QED) is 0.644. The van der Waals surface area contributed by atoms with Gasteiger partial charge in [-0.05, 0) is 32.4 Å². The largest absolute Gasteiger partial charge is 0.356 e. The van der Waals surface area contributed by atoms with Crippen LogP contribution in [0.5, 0.6) is 0 Å². The zero-order valence-corrected chi connectivity index (χ0v) is 11.5. The lowest BCUT2D eigenvalue weighted by molar-refractivity contribution is 0.699. The fraction of sp³-hybridized carbons (Fsp3) is 0.545. The molecule has 1 heterocycles. The van der Waals surface area contributed by atoms with Gasteiger partial charge in [-0.2, -0.15) is 0 Å². The Bertz CT molecular complexity index is 347. The number of thiophene rings is 1. The summed E-state index contributed by atoms with van der Waals surface area (Å²) in [5.74, 6) is 0.845. The van der Waals surface area contributed by atoms with Gasteiger partial charge in [-0.1, -0.05) is 11.6 Å². The SMILES string of the molecule is CN=C(NCCc1ccc(Cl)s1)NC(C)C. The van der Waals surface area contributed by atoms with Crippen molar-refractivity contribution < 1.29 is 0 Å². The van der Waals surface area contributed by atoms with E-state index in [-0.39, 0.29) is 0 Å². The van der Waals surface area contributed by atoms with Crippen molar-refractivity contribution in [3.05, 3.63) is 21.3 Å². The van der Waals surface area contributed by atoms with E-state index < -0.39 is 0 Å². The van der Waals surface area contributed by atoms with Crippen LogP contribution in [0.1, 0.15) is 18.7 Å². The average molecular weight is 260 g/mol. The second-order valence-electron chi connectivity index (χ2n) is 3.75. The van der Waals surface area contributed by atoms with Crippen molar-refractivity contribution in [3.63, 3.8) is 0 Å². The molecular weight excluding hydrogens is 242 g/mol. The lowest BCUT2D eigenvalue weighted by Gasteiger charge is -2.13. The molecule has 0 spiro atoms. The normalized spacial score (nSPS) is 11.9.